The molecule has 1 aliphatic carbocycles. The molecule has 34 heavy (non-hydrogen) atoms. The number of aryl methyl sites for hydroxylation is 1. The average Bonchev–Trinajstić information content (AvgIpc) is 3.57. The summed E-state index contributed by atoms with van der Waals surface area (Å²) in [5, 5.41) is 17.5. The Labute approximate surface area is 202 Å². The number of rotatable bonds is 7. The summed E-state index contributed by atoms with van der Waals surface area (Å²) in [6, 6.07) is 14.1. The summed E-state index contributed by atoms with van der Waals surface area (Å²) >= 11 is 1.76. The third-order valence-corrected chi connectivity index (χ3v) is 6.88. The van der Waals surface area contributed by atoms with Crippen LogP contribution in [0.25, 0.3) is 22.8 Å². The second-order valence-corrected chi connectivity index (χ2v) is 9.71. The molecular formula is C26H26N5O2S+. The first-order valence-electron chi connectivity index (χ1n) is 11.3. The predicted octanol–water partition coefficient (Wildman–Crippen LogP) is 4.73. The molecule has 7 nitrogen and oxygen atoms in total. The van der Waals surface area contributed by atoms with E-state index in [1.54, 1.807) is 23.5 Å². The van der Waals surface area contributed by atoms with Crippen LogP contribution in [0, 0.1) is 11.3 Å². The van der Waals surface area contributed by atoms with Gasteiger partial charge in [-0.15, -0.1) is 0 Å². The van der Waals surface area contributed by atoms with Crippen molar-refractivity contribution in [3.8, 4) is 34.7 Å². The summed E-state index contributed by atoms with van der Waals surface area (Å²) < 4.78 is 13.4. The topological polar surface area (TPSA) is 87.8 Å². The summed E-state index contributed by atoms with van der Waals surface area (Å²) in [4.78, 5) is 5.98. The zero-order valence-electron chi connectivity index (χ0n) is 19.4. The van der Waals surface area contributed by atoms with Gasteiger partial charge < -0.3 is 14.6 Å². The lowest BCUT2D eigenvalue weighted by Crippen LogP contribution is -2.23. The number of thiazole rings is 1. The molecule has 2 heterocycles. The fourth-order valence-corrected chi connectivity index (χ4v) is 5.14. The Bertz CT molecular complexity index is 1370. The molecule has 0 bridgehead atoms. The number of hydrogen-bond donors (Lipinski definition) is 1. The molecule has 0 spiro atoms. The summed E-state index contributed by atoms with van der Waals surface area (Å²) in [6.07, 6.45) is 4.15. The Morgan fingerprint density at radius 3 is 2.97 bits per heavy atom. The van der Waals surface area contributed by atoms with Gasteiger partial charge in [0, 0.05) is 23.7 Å². The molecule has 4 aromatic rings. The van der Waals surface area contributed by atoms with Crippen molar-refractivity contribution >= 4 is 11.3 Å². The molecule has 0 saturated carbocycles. The number of fused-ring (bicyclic) bond motifs is 1. The van der Waals surface area contributed by atoms with Crippen LogP contribution in [-0.2, 0) is 20.0 Å². The van der Waals surface area contributed by atoms with Crippen LogP contribution in [0.3, 0.4) is 0 Å². The highest BCUT2D eigenvalue weighted by Gasteiger charge is 2.26. The van der Waals surface area contributed by atoms with Crippen LogP contribution >= 0.6 is 11.3 Å². The van der Waals surface area contributed by atoms with Crippen LogP contribution in [0.1, 0.15) is 47.9 Å². The van der Waals surface area contributed by atoms with Crippen LogP contribution in [0.2, 0.25) is 0 Å². The molecule has 0 radical (unpaired) electrons. The number of nitriles is 1. The van der Waals surface area contributed by atoms with Gasteiger partial charge >= 0.3 is 0 Å². The molecule has 0 aliphatic heterocycles. The van der Waals surface area contributed by atoms with Crippen molar-refractivity contribution in [1.29, 1.82) is 5.26 Å². The van der Waals surface area contributed by atoms with Crippen LogP contribution in [0.4, 0.5) is 0 Å². The molecule has 1 unspecified atom stereocenters. The lowest BCUT2D eigenvalue weighted by atomic mass is 10.0. The van der Waals surface area contributed by atoms with E-state index in [0.29, 0.717) is 34.6 Å². The van der Waals surface area contributed by atoms with E-state index in [2.05, 4.69) is 56.0 Å². The predicted molar refractivity (Wildman–Crippen MR) is 129 cm³/mol. The zero-order chi connectivity index (χ0) is 23.7. The molecule has 0 saturated heterocycles. The van der Waals surface area contributed by atoms with Crippen molar-refractivity contribution in [1.82, 2.24) is 15.5 Å². The Balaban J connectivity index is 1.38. The van der Waals surface area contributed by atoms with Gasteiger partial charge in [-0.25, -0.2) is 0 Å². The summed E-state index contributed by atoms with van der Waals surface area (Å²) in [7, 11) is 2.05. The third kappa shape index (κ3) is 4.45. The molecule has 172 valence electrons. The maximum absolute atomic E-state index is 9.53. The monoisotopic (exact) mass is 472 g/mol. The van der Waals surface area contributed by atoms with Gasteiger partial charge in [0.25, 0.3) is 5.89 Å². The molecule has 1 N–H and O–H groups in total. The quantitative estimate of drug-likeness (QED) is 0.392. The Kier molecular flexibility index (Phi) is 6.14. The summed E-state index contributed by atoms with van der Waals surface area (Å²) in [5.74, 6) is 1.51. The molecule has 0 fully saturated rings. The highest BCUT2D eigenvalue weighted by atomic mass is 32.1. The standard InChI is InChI=1S/C26H26N5O2S/c1-16(2)32-24-10-7-17(11-18(24)12-27)26-29-25(30-33-26)22-6-4-5-21-20(22)8-9-23(21)28-13-19-14-31(3)15-34-19/h4-7,10-11,14-16,23,28H,8-9,13H2,1-3H3/q+1. The molecule has 2 aromatic heterocycles. The fraction of sp³-hybridized carbons (Fsp3) is 0.308. The van der Waals surface area contributed by atoms with Crippen molar-refractivity contribution in [3.63, 3.8) is 0 Å². The van der Waals surface area contributed by atoms with E-state index in [1.165, 1.54) is 16.0 Å². The largest absolute Gasteiger partial charge is 0.490 e. The van der Waals surface area contributed by atoms with Gasteiger partial charge in [-0.05, 0) is 56.0 Å². The normalized spacial score (nSPS) is 14.9. The number of benzene rings is 2. The van der Waals surface area contributed by atoms with Crippen molar-refractivity contribution < 1.29 is 13.8 Å². The Hall–Kier alpha value is -3.54. The van der Waals surface area contributed by atoms with Gasteiger partial charge in [0.05, 0.1) is 16.5 Å². The first-order valence-corrected chi connectivity index (χ1v) is 12.2. The molecule has 5 rings (SSSR count). The molecule has 8 heteroatoms. The van der Waals surface area contributed by atoms with Crippen molar-refractivity contribution in [2.45, 2.75) is 45.4 Å². The smallest absolute Gasteiger partial charge is 0.258 e. The number of nitrogens with one attached hydrogen (secondary N) is 1. The molecule has 1 atom stereocenters. The molecule has 2 aromatic carbocycles. The lowest BCUT2D eigenvalue weighted by molar-refractivity contribution is -0.666. The van der Waals surface area contributed by atoms with Gasteiger partial charge in [-0.1, -0.05) is 34.7 Å². The van der Waals surface area contributed by atoms with E-state index in [1.807, 2.05) is 27.0 Å². The third-order valence-electron chi connectivity index (χ3n) is 5.89. The number of nitrogens with zero attached hydrogens (tertiary/aromatic N) is 4. The van der Waals surface area contributed by atoms with Crippen LogP contribution in [0.5, 0.6) is 5.75 Å². The highest BCUT2D eigenvalue weighted by Crippen LogP contribution is 2.38. The average molecular weight is 473 g/mol. The van der Waals surface area contributed by atoms with Crippen molar-refractivity contribution in [2.24, 2.45) is 7.05 Å². The van der Waals surface area contributed by atoms with E-state index in [4.69, 9.17) is 9.26 Å². The lowest BCUT2D eigenvalue weighted by Gasteiger charge is -2.13. The maximum atomic E-state index is 9.53. The first-order chi connectivity index (χ1) is 16.5. The van der Waals surface area contributed by atoms with E-state index in [9.17, 15) is 5.26 Å². The number of hydrogen-bond acceptors (Lipinski definition) is 7. The van der Waals surface area contributed by atoms with Crippen molar-refractivity contribution in [3.05, 3.63) is 69.7 Å². The number of ether oxygens (including phenoxy) is 1. The summed E-state index contributed by atoms with van der Waals surface area (Å²) in [5.41, 5.74) is 6.81. The highest BCUT2D eigenvalue weighted by molar-refractivity contribution is 7.09. The molecule has 1 aliphatic rings. The van der Waals surface area contributed by atoms with Gasteiger partial charge in [-0.2, -0.15) is 14.8 Å². The maximum Gasteiger partial charge on any atom is 0.258 e. The zero-order valence-corrected chi connectivity index (χ0v) is 20.2. The van der Waals surface area contributed by atoms with Gasteiger partial charge in [0.15, 0.2) is 6.20 Å². The minimum Gasteiger partial charge on any atom is -0.490 e. The summed E-state index contributed by atoms with van der Waals surface area (Å²) in [6.45, 7) is 4.71. The molecule has 0 amide bonds. The molecular weight excluding hydrogens is 446 g/mol. The van der Waals surface area contributed by atoms with Crippen LogP contribution in [-0.4, -0.2) is 16.2 Å². The van der Waals surface area contributed by atoms with E-state index in [-0.39, 0.29) is 6.10 Å². The fourth-order valence-electron chi connectivity index (χ4n) is 4.38. The minimum atomic E-state index is -0.0141. The second-order valence-electron chi connectivity index (χ2n) is 8.74. The van der Waals surface area contributed by atoms with Gasteiger partial charge in [-0.3, -0.25) is 0 Å². The SMILES string of the molecule is CC(C)Oc1ccc(-c2nc(-c3cccc4c3CCC4NCc3c[n+](C)cs3)no2)cc1C#N. The Morgan fingerprint density at radius 2 is 2.21 bits per heavy atom. The van der Waals surface area contributed by atoms with Gasteiger partial charge in [0.2, 0.25) is 11.3 Å². The number of aromatic nitrogens is 3. The first kappa shape index (κ1) is 22.3. The Morgan fingerprint density at radius 1 is 1.32 bits per heavy atom. The second kappa shape index (κ2) is 9.37. The van der Waals surface area contributed by atoms with Gasteiger partial charge in [0.1, 0.15) is 18.9 Å². The minimum absolute atomic E-state index is 0.0141. The van der Waals surface area contributed by atoms with Crippen molar-refractivity contribution in [2.75, 3.05) is 0 Å². The van der Waals surface area contributed by atoms with Crippen LogP contribution in [0.15, 0.2) is 52.6 Å². The van der Waals surface area contributed by atoms with Crippen LogP contribution < -0.4 is 14.6 Å². The van der Waals surface area contributed by atoms with E-state index >= 15 is 0 Å². The van der Waals surface area contributed by atoms with E-state index in [0.717, 1.165) is 24.9 Å². The van der Waals surface area contributed by atoms with E-state index < -0.39 is 0 Å².